The maximum absolute atomic E-state index is 12.6. The van der Waals surface area contributed by atoms with Crippen LogP contribution in [0.1, 0.15) is 12.8 Å². The smallest absolute Gasteiger partial charge is 0.254 e. The predicted molar refractivity (Wildman–Crippen MR) is 131 cm³/mol. The van der Waals surface area contributed by atoms with Crippen molar-refractivity contribution in [1.82, 2.24) is 19.7 Å². The molecule has 1 aliphatic rings. The number of anilines is 2. The minimum Gasteiger partial charge on any atom is -0.355 e. The maximum Gasteiger partial charge on any atom is 0.254 e. The lowest BCUT2D eigenvalue weighted by molar-refractivity contribution is -0.116. The molecule has 1 fully saturated rings. The van der Waals surface area contributed by atoms with E-state index in [4.69, 9.17) is 0 Å². The average Bonchev–Trinajstić information content (AvgIpc) is 3.41. The molecule has 1 saturated heterocycles. The Hall–Kier alpha value is -4.33. The summed E-state index contributed by atoms with van der Waals surface area (Å²) < 4.78 is 1.29. The fourth-order valence-electron chi connectivity index (χ4n) is 4.02. The van der Waals surface area contributed by atoms with Crippen LogP contribution >= 0.6 is 0 Å². The van der Waals surface area contributed by atoms with Crippen molar-refractivity contribution in [2.75, 3.05) is 23.3 Å². The second-order valence-corrected chi connectivity index (χ2v) is 8.21. The molecule has 0 saturated carbocycles. The van der Waals surface area contributed by atoms with Crippen molar-refractivity contribution in [2.45, 2.75) is 19.4 Å². The fraction of sp³-hybridized carbons (Fsp3) is 0.192. The Labute approximate surface area is 196 Å². The Morgan fingerprint density at radius 3 is 2.38 bits per heavy atom. The van der Waals surface area contributed by atoms with Crippen LogP contribution in [0.4, 0.5) is 11.5 Å². The molecule has 0 bridgehead atoms. The van der Waals surface area contributed by atoms with Crippen molar-refractivity contribution in [3.63, 3.8) is 0 Å². The van der Waals surface area contributed by atoms with E-state index in [9.17, 15) is 9.59 Å². The van der Waals surface area contributed by atoms with Crippen LogP contribution in [-0.2, 0) is 11.3 Å². The van der Waals surface area contributed by atoms with Crippen LogP contribution in [0.5, 0.6) is 0 Å². The summed E-state index contributed by atoms with van der Waals surface area (Å²) in [6.07, 6.45) is 3.77. The SMILES string of the molecule is O=C(Cn1cnc(-c2ccccc2)cc1=O)Nc1cccc(-c2ccc(N3CCCC3)nn2)c1. The molecular weight excluding hydrogens is 428 g/mol. The third-order valence-corrected chi connectivity index (χ3v) is 5.79. The van der Waals surface area contributed by atoms with E-state index in [1.165, 1.54) is 29.8 Å². The molecule has 0 aliphatic carbocycles. The van der Waals surface area contributed by atoms with Crippen molar-refractivity contribution in [2.24, 2.45) is 0 Å². The van der Waals surface area contributed by atoms with Gasteiger partial charge in [0, 0.05) is 36.0 Å². The van der Waals surface area contributed by atoms with E-state index < -0.39 is 0 Å². The third-order valence-electron chi connectivity index (χ3n) is 5.79. The van der Waals surface area contributed by atoms with Gasteiger partial charge in [0.15, 0.2) is 5.82 Å². The van der Waals surface area contributed by atoms with Gasteiger partial charge >= 0.3 is 0 Å². The Kier molecular flexibility index (Phi) is 6.11. The van der Waals surface area contributed by atoms with E-state index >= 15 is 0 Å². The molecule has 1 N–H and O–H groups in total. The summed E-state index contributed by atoms with van der Waals surface area (Å²) in [6, 6.07) is 22.2. The summed E-state index contributed by atoms with van der Waals surface area (Å²) >= 11 is 0. The highest BCUT2D eigenvalue weighted by atomic mass is 16.2. The number of carbonyl (C=O) groups excluding carboxylic acids is 1. The number of rotatable bonds is 6. The highest BCUT2D eigenvalue weighted by Gasteiger charge is 2.14. The molecule has 1 aliphatic heterocycles. The number of nitrogens with one attached hydrogen (secondary N) is 1. The first-order valence-corrected chi connectivity index (χ1v) is 11.3. The summed E-state index contributed by atoms with van der Waals surface area (Å²) in [5.74, 6) is 0.576. The lowest BCUT2D eigenvalue weighted by Crippen LogP contribution is -2.27. The first-order valence-electron chi connectivity index (χ1n) is 11.3. The highest BCUT2D eigenvalue weighted by molar-refractivity contribution is 5.91. The van der Waals surface area contributed by atoms with E-state index in [0.29, 0.717) is 11.4 Å². The molecule has 8 nitrogen and oxygen atoms in total. The minimum atomic E-state index is -0.316. The summed E-state index contributed by atoms with van der Waals surface area (Å²) in [5.41, 5.74) is 3.35. The highest BCUT2D eigenvalue weighted by Crippen LogP contribution is 2.23. The van der Waals surface area contributed by atoms with Gasteiger partial charge in [0.05, 0.1) is 17.7 Å². The Bertz CT molecular complexity index is 1350. The lowest BCUT2D eigenvalue weighted by atomic mass is 10.1. The predicted octanol–water partition coefficient (Wildman–Crippen LogP) is 3.61. The summed E-state index contributed by atoms with van der Waals surface area (Å²) in [4.78, 5) is 31.6. The number of amides is 1. The van der Waals surface area contributed by atoms with E-state index in [-0.39, 0.29) is 18.0 Å². The first-order chi connectivity index (χ1) is 16.7. The molecule has 0 radical (unpaired) electrons. The quantitative estimate of drug-likeness (QED) is 0.480. The van der Waals surface area contributed by atoms with E-state index in [1.54, 1.807) is 6.07 Å². The van der Waals surface area contributed by atoms with Crippen molar-refractivity contribution in [1.29, 1.82) is 0 Å². The van der Waals surface area contributed by atoms with E-state index in [0.717, 1.165) is 35.7 Å². The molecule has 170 valence electrons. The largest absolute Gasteiger partial charge is 0.355 e. The monoisotopic (exact) mass is 452 g/mol. The molecule has 2 aromatic heterocycles. The van der Waals surface area contributed by atoms with Crippen LogP contribution in [0.25, 0.3) is 22.5 Å². The van der Waals surface area contributed by atoms with Crippen LogP contribution in [0.2, 0.25) is 0 Å². The third kappa shape index (κ3) is 4.85. The molecule has 1 amide bonds. The topological polar surface area (TPSA) is 93.0 Å². The van der Waals surface area contributed by atoms with Crippen molar-refractivity contribution in [3.05, 3.63) is 89.5 Å². The van der Waals surface area contributed by atoms with Crippen molar-refractivity contribution < 1.29 is 4.79 Å². The molecule has 0 spiro atoms. The molecule has 8 heteroatoms. The maximum atomic E-state index is 12.6. The molecular formula is C26H24N6O2. The Morgan fingerprint density at radius 1 is 0.853 bits per heavy atom. The van der Waals surface area contributed by atoms with Crippen LogP contribution in [-0.4, -0.2) is 38.7 Å². The number of hydrogen-bond donors (Lipinski definition) is 1. The zero-order valence-corrected chi connectivity index (χ0v) is 18.6. The van der Waals surface area contributed by atoms with Crippen molar-refractivity contribution >= 4 is 17.4 Å². The molecule has 34 heavy (non-hydrogen) atoms. The van der Waals surface area contributed by atoms with E-state index in [1.807, 2.05) is 60.7 Å². The molecule has 5 rings (SSSR count). The Balaban J connectivity index is 1.26. The minimum absolute atomic E-state index is 0.129. The second-order valence-electron chi connectivity index (χ2n) is 8.21. The molecule has 3 heterocycles. The van der Waals surface area contributed by atoms with Gasteiger partial charge in [-0.15, -0.1) is 10.2 Å². The van der Waals surface area contributed by atoms with Gasteiger partial charge in [-0.3, -0.25) is 14.2 Å². The lowest BCUT2D eigenvalue weighted by Gasteiger charge is -2.15. The van der Waals surface area contributed by atoms with Gasteiger partial charge in [0.25, 0.3) is 5.56 Å². The van der Waals surface area contributed by atoms with E-state index in [2.05, 4.69) is 25.4 Å². The van der Waals surface area contributed by atoms with Gasteiger partial charge < -0.3 is 10.2 Å². The molecule has 2 aromatic carbocycles. The number of carbonyl (C=O) groups is 1. The molecule has 4 aromatic rings. The first kappa shape index (κ1) is 21.5. The molecule has 0 unspecified atom stereocenters. The zero-order chi connectivity index (χ0) is 23.3. The summed E-state index contributed by atoms with van der Waals surface area (Å²) in [7, 11) is 0. The van der Waals surface area contributed by atoms with Gasteiger partial charge in [-0.25, -0.2) is 4.98 Å². The second kappa shape index (κ2) is 9.66. The van der Waals surface area contributed by atoms with Gasteiger partial charge in [0.1, 0.15) is 6.54 Å². The van der Waals surface area contributed by atoms with Gasteiger partial charge in [-0.2, -0.15) is 0 Å². The van der Waals surface area contributed by atoms with Crippen LogP contribution in [0, 0.1) is 0 Å². The zero-order valence-electron chi connectivity index (χ0n) is 18.6. The van der Waals surface area contributed by atoms with Crippen molar-refractivity contribution in [3.8, 4) is 22.5 Å². The number of benzene rings is 2. The number of hydrogen-bond acceptors (Lipinski definition) is 6. The standard InChI is InChI=1S/C26H24N6O2/c33-25(17-32-18-27-23(16-26(32)34)19-7-2-1-3-8-19)28-21-10-6-9-20(15-21)22-11-12-24(30-29-22)31-13-4-5-14-31/h1-3,6-12,15-16,18H,4-5,13-14,17H2,(H,28,33). The van der Waals surface area contributed by atoms with Crippen LogP contribution in [0.3, 0.4) is 0 Å². The fourth-order valence-corrected chi connectivity index (χ4v) is 4.02. The summed E-state index contributed by atoms with van der Waals surface area (Å²) in [5, 5.41) is 11.6. The average molecular weight is 453 g/mol. The number of nitrogens with zero attached hydrogens (tertiary/aromatic N) is 5. The van der Waals surface area contributed by atoms with Gasteiger partial charge in [-0.05, 0) is 37.1 Å². The Morgan fingerprint density at radius 2 is 1.65 bits per heavy atom. The normalized spacial score (nSPS) is 13.1. The number of aromatic nitrogens is 4. The summed E-state index contributed by atoms with van der Waals surface area (Å²) in [6.45, 7) is 1.90. The van der Waals surface area contributed by atoms with Crippen LogP contribution in [0.15, 0.2) is 83.9 Å². The van der Waals surface area contributed by atoms with Gasteiger partial charge in [-0.1, -0.05) is 42.5 Å². The van der Waals surface area contributed by atoms with Gasteiger partial charge in [0.2, 0.25) is 5.91 Å². The van der Waals surface area contributed by atoms with Crippen LogP contribution < -0.4 is 15.8 Å². The molecule has 0 atom stereocenters.